The van der Waals surface area contributed by atoms with Gasteiger partial charge >= 0.3 is 23.9 Å². The number of esters is 4. The molecule has 96 heavy (non-hydrogen) atoms. The third kappa shape index (κ3) is 14.7. The van der Waals surface area contributed by atoms with Crippen molar-refractivity contribution < 1.29 is 121 Å². The number of nitrogens with two attached hydrogens (primary N) is 1. The second-order valence-electron chi connectivity index (χ2n) is 28.5. The van der Waals surface area contributed by atoms with Gasteiger partial charge in [0, 0.05) is 69.6 Å². The summed E-state index contributed by atoms with van der Waals surface area (Å²) >= 11 is 0. The van der Waals surface area contributed by atoms with Crippen molar-refractivity contribution in [1.29, 1.82) is 0 Å². The van der Waals surface area contributed by atoms with Crippen LogP contribution in [0.1, 0.15) is 140 Å². The molecule has 6 heterocycles. The van der Waals surface area contributed by atoms with Gasteiger partial charge in [0.25, 0.3) is 0 Å². The predicted octanol–water partition coefficient (Wildman–Crippen LogP) is 4.57. The van der Waals surface area contributed by atoms with Crippen LogP contribution in [0.2, 0.25) is 0 Å². The number of Topliss-reactive ketones (excluding diaryl/α,β-unsaturated/α-hetero) is 1. The summed E-state index contributed by atoms with van der Waals surface area (Å²) in [6, 6.07) is -1.38. The Morgan fingerprint density at radius 1 is 0.750 bits per heavy atom. The monoisotopic (exact) mass is 1360 g/mol. The Hall–Kier alpha value is -4.96. The third-order valence-electron chi connectivity index (χ3n) is 21.9. The maximum absolute atomic E-state index is 15.6. The van der Waals surface area contributed by atoms with E-state index in [1.54, 1.807) is 27.7 Å². The predicted molar refractivity (Wildman–Crippen MR) is 331 cm³/mol. The van der Waals surface area contributed by atoms with Crippen LogP contribution < -0.4 is 5.73 Å². The van der Waals surface area contributed by atoms with Crippen LogP contribution in [0.4, 0.5) is 0 Å². The molecule has 10 aliphatic rings. The van der Waals surface area contributed by atoms with Crippen LogP contribution in [0.3, 0.4) is 0 Å². The van der Waals surface area contributed by atoms with Gasteiger partial charge in [-0.05, 0) is 102 Å². The van der Waals surface area contributed by atoms with Crippen molar-refractivity contribution in [2.45, 2.75) is 274 Å². The van der Waals surface area contributed by atoms with E-state index in [1.807, 2.05) is 45.9 Å². The molecule has 7 fully saturated rings. The van der Waals surface area contributed by atoms with E-state index >= 15 is 4.79 Å². The number of hydrogen-bond donors (Lipinski definition) is 6. The molecule has 1 saturated carbocycles. The van der Waals surface area contributed by atoms with Gasteiger partial charge < -0.3 is 103 Å². The normalized spacial score (nSPS) is 45.3. The molecule has 10 rings (SSSR count). The van der Waals surface area contributed by atoms with E-state index in [0.29, 0.717) is 49.5 Å². The van der Waals surface area contributed by atoms with Gasteiger partial charge in [-0.3, -0.25) is 24.4 Å². The van der Waals surface area contributed by atoms with E-state index in [2.05, 4.69) is 0 Å². The zero-order chi connectivity index (χ0) is 69.8. The topological polar surface area (TPSA) is 385 Å². The summed E-state index contributed by atoms with van der Waals surface area (Å²) < 4.78 is 87.1. The molecule has 29 atom stereocenters. The van der Waals surface area contributed by atoms with Gasteiger partial charge in [-0.15, -0.1) is 0 Å². The highest BCUT2D eigenvalue weighted by Crippen LogP contribution is 2.61. The standard InChI is InChI=1S/C68H97N2O26/c1-30-13-17-46(89-54-27-66(10,70(81)82)61(69)60(95-54)65(80)83-12)31(2)22-42-44(75)23-39(28-71)26-68(42)63(78)55(64(79)96-68)62(77)67(11)41(30)15-14-40-56(67)32(3)21-33(4)57(40)94-53-25-48(59(88-38(9)73)49(92-53)29-84-37(8)72)91-50-20-18-47(35(6)86-50)90-52-24-45(76)58(36(7)87-52)93-51-19-16-43(74)34(5)85-51/h13-15,22-23,28,32-36,40-54,56-61,74-77,81H,16-21,24-27,29,69H2,1-12H3/q-1. The van der Waals surface area contributed by atoms with E-state index < -0.39 is 211 Å². The fraction of sp³-hybridized carbons (Fsp3) is 0.765. The Labute approximate surface area is 558 Å². The molecule has 0 aromatic heterocycles. The summed E-state index contributed by atoms with van der Waals surface area (Å²) in [6.45, 7) is 18.1. The quantitative estimate of drug-likeness (QED) is 0.0308. The fourth-order valence-electron chi connectivity index (χ4n) is 16.7. The summed E-state index contributed by atoms with van der Waals surface area (Å²) in [5.41, 5.74) is 1.10. The minimum Gasteiger partial charge on any atom is -0.762 e. The van der Waals surface area contributed by atoms with Crippen LogP contribution >= 0.6 is 0 Å². The number of hydrogen-bond acceptors (Lipinski definition) is 28. The van der Waals surface area contributed by atoms with Gasteiger partial charge in [-0.2, -0.15) is 0 Å². The molecule has 7 N–H and O–H groups in total. The van der Waals surface area contributed by atoms with Gasteiger partial charge in [0.1, 0.15) is 42.5 Å². The Morgan fingerprint density at radius 2 is 1.42 bits per heavy atom. The Balaban J connectivity index is 0.935. The smallest absolute Gasteiger partial charge is 0.346 e. The van der Waals surface area contributed by atoms with Gasteiger partial charge in [0.2, 0.25) is 5.78 Å². The summed E-state index contributed by atoms with van der Waals surface area (Å²) in [6.07, 6.45) is -6.79. The SMILES string of the molecule is COC(=O)C1OC(OC2CC=C(C)C3C=CC4C(OC5CC(OC6CCC(OC7CC(O)C(OC8CCC(O)C(C)O8)C(C)O7)C(C)O6)C(OC(C)=O)C(COC(C)=O)O5)C(C)CC(C)C4C3(C)C(O)=C3C(=O)OC4(CC(C=O)=CC(O)C4C=C2C)C3=O)CC(C)(N([O-])O)C1N. The average Bonchev–Trinajstić information content (AvgIpc) is 1.14. The number of methoxy groups -OCH3 is 1. The molecule has 0 aromatic rings. The highest BCUT2D eigenvalue weighted by Gasteiger charge is 2.65. The number of carbonyl (C=O) groups is 6. The molecule has 28 nitrogen and oxygen atoms in total. The second kappa shape index (κ2) is 29.7. The lowest BCUT2D eigenvalue weighted by Gasteiger charge is -2.57. The van der Waals surface area contributed by atoms with E-state index in [9.17, 15) is 54.8 Å². The van der Waals surface area contributed by atoms with Crippen LogP contribution in [0.5, 0.6) is 0 Å². The number of ether oxygens (including phenoxy) is 14. The zero-order valence-electron chi connectivity index (χ0n) is 56.6. The lowest BCUT2D eigenvalue weighted by atomic mass is 9.49. The molecular formula is C68H97N2O26-. The molecule has 1 spiro atoms. The molecule has 28 heteroatoms. The number of nitrogens with zero attached hydrogens (tertiary/aromatic N) is 1. The molecule has 0 radical (unpaired) electrons. The molecule has 2 bridgehead atoms. The first-order valence-corrected chi connectivity index (χ1v) is 33.6. The summed E-state index contributed by atoms with van der Waals surface area (Å²) in [5, 5.41) is 69.6. The number of rotatable bonds is 16. The number of ketones is 1. The first-order chi connectivity index (χ1) is 45.3. The second-order valence-corrected chi connectivity index (χ2v) is 28.5. The van der Waals surface area contributed by atoms with E-state index in [0.717, 1.165) is 7.11 Å². The van der Waals surface area contributed by atoms with Crippen LogP contribution in [0.25, 0.3) is 0 Å². The van der Waals surface area contributed by atoms with E-state index in [4.69, 9.17) is 72.0 Å². The molecule has 0 aromatic carbocycles. The largest absolute Gasteiger partial charge is 0.762 e. The van der Waals surface area contributed by atoms with Gasteiger partial charge in [-0.1, -0.05) is 50.6 Å². The van der Waals surface area contributed by atoms with Crippen molar-refractivity contribution in [2.24, 2.45) is 46.7 Å². The van der Waals surface area contributed by atoms with Crippen LogP contribution in [-0.2, 0) is 95.1 Å². The molecule has 4 aliphatic carbocycles. The van der Waals surface area contributed by atoms with Crippen molar-refractivity contribution in [3.05, 3.63) is 63.6 Å². The number of fused-ring (bicyclic) bond motifs is 4. The first kappa shape index (κ1) is 73.7. The number of carbonyl (C=O) groups excluding carboxylic acids is 6. The highest BCUT2D eigenvalue weighted by atomic mass is 16.8. The minimum absolute atomic E-state index is 0.0281. The Kier molecular flexibility index (Phi) is 22.8. The molecule has 6 saturated heterocycles. The maximum atomic E-state index is 15.6. The molecule has 29 unspecified atom stereocenters. The molecule has 536 valence electrons. The van der Waals surface area contributed by atoms with E-state index in [1.165, 1.54) is 32.9 Å². The number of aliphatic hydroxyl groups excluding tert-OH is 4. The van der Waals surface area contributed by atoms with Crippen LogP contribution in [0.15, 0.2) is 58.4 Å². The van der Waals surface area contributed by atoms with Crippen molar-refractivity contribution in [2.75, 3.05) is 13.7 Å². The maximum Gasteiger partial charge on any atom is 0.346 e. The Bertz CT molecular complexity index is 3030. The highest BCUT2D eigenvalue weighted by molar-refractivity contribution is 6.26. The van der Waals surface area contributed by atoms with Crippen molar-refractivity contribution in [1.82, 2.24) is 5.23 Å². The lowest BCUT2D eigenvalue weighted by molar-refractivity contribution is -0.333. The van der Waals surface area contributed by atoms with Crippen molar-refractivity contribution in [3.8, 4) is 0 Å². The number of aliphatic hydroxyl groups is 4. The lowest BCUT2D eigenvalue weighted by Crippen LogP contribution is -2.67. The van der Waals surface area contributed by atoms with Gasteiger partial charge in [0.05, 0.1) is 79.5 Å². The van der Waals surface area contributed by atoms with E-state index in [-0.39, 0.29) is 54.9 Å². The minimum atomic E-state index is -2.26. The summed E-state index contributed by atoms with van der Waals surface area (Å²) in [4.78, 5) is 81.5. The van der Waals surface area contributed by atoms with Crippen molar-refractivity contribution in [3.63, 3.8) is 0 Å². The molecule has 6 aliphatic heterocycles. The van der Waals surface area contributed by atoms with Gasteiger partial charge in [-0.25, -0.2) is 9.59 Å². The first-order valence-electron chi connectivity index (χ1n) is 33.6. The summed E-state index contributed by atoms with van der Waals surface area (Å²) in [5.74, 6) is -8.77. The third-order valence-corrected chi connectivity index (χ3v) is 21.9. The Morgan fingerprint density at radius 3 is 2.07 bits per heavy atom. The number of aldehydes is 1. The van der Waals surface area contributed by atoms with Crippen LogP contribution in [-0.4, -0.2) is 215 Å². The number of allylic oxidation sites excluding steroid dienone is 3. The zero-order valence-corrected chi connectivity index (χ0v) is 56.6. The fourth-order valence-corrected chi connectivity index (χ4v) is 16.7. The number of hydroxylamine groups is 2. The summed E-state index contributed by atoms with van der Waals surface area (Å²) in [7, 11) is 1.11. The van der Waals surface area contributed by atoms with Crippen LogP contribution in [0, 0.1) is 46.1 Å². The average molecular weight is 1360 g/mol. The van der Waals surface area contributed by atoms with Gasteiger partial charge in [0.15, 0.2) is 49.3 Å². The molecular weight excluding hydrogens is 1260 g/mol. The van der Waals surface area contributed by atoms with Crippen molar-refractivity contribution >= 4 is 35.9 Å². The molecule has 0 amide bonds.